The van der Waals surface area contributed by atoms with Gasteiger partial charge in [0.15, 0.2) is 11.5 Å². The van der Waals surface area contributed by atoms with Gasteiger partial charge >= 0.3 is 0 Å². The molecule has 1 aliphatic rings. The van der Waals surface area contributed by atoms with Crippen LogP contribution in [0.1, 0.15) is 12.5 Å². The zero-order valence-electron chi connectivity index (χ0n) is 11.3. The minimum absolute atomic E-state index is 0.0996. The van der Waals surface area contributed by atoms with Gasteiger partial charge in [-0.3, -0.25) is 9.69 Å². The second-order valence-electron chi connectivity index (χ2n) is 5.00. The highest BCUT2D eigenvalue weighted by atomic mass is 32.1. The van der Waals surface area contributed by atoms with Crippen molar-refractivity contribution in [1.29, 1.82) is 0 Å². The molecule has 0 bridgehead atoms. The van der Waals surface area contributed by atoms with Crippen molar-refractivity contribution in [2.24, 2.45) is 10.7 Å². The van der Waals surface area contributed by atoms with E-state index in [1.165, 1.54) is 4.90 Å². The number of hydrogen-bond acceptors (Lipinski definition) is 4. The average Bonchev–Trinajstić information content (AvgIpc) is 3.05. The first-order chi connectivity index (χ1) is 9.52. The van der Waals surface area contributed by atoms with E-state index in [1.807, 2.05) is 29.6 Å². The first kappa shape index (κ1) is 12.9. The molecule has 4 nitrogen and oxygen atoms in total. The quantitative estimate of drug-likeness (QED) is 0.921. The molecule has 1 atom stereocenters. The van der Waals surface area contributed by atoms with E-state index in [9.17, 15) is 4.79 Å². The molecule has 2 aromatic rings. The lowest BCUT2D eigenvalue weighted by molar-refractivity contribution is -0.130. The average molecular weight is 285 g/mol. The molecule has 2 heterocycles. The van der Waals surface area contributed by atoms with Gasteiger partial charge in [0.05, 0.1) is 0 Å². The second-order valence-corrected chi connectivity index (χ2v) is 5.78. The summed E-state index contributed by atoms with van der Waals surface area (Å²) in [5, 5.41) is 4.12. The minimum atomic E-state index is -0.926. The van der Waals surface area contributed by atoms with Crippen LogP contribution in [-0.4, -0.2) is 23.8 Å². The summed E-state index contributed by atoms with van der Waals surface area (Å²) >= 11 is 1.65. The SMILES string of the molecule is CN1C(=O)C(C)(c2cccc(-c3ccsc3)c2)N=C1N. The molecule has 1 aromatic heterocycles. The number of aliphatic imine (C=N–C) groups is 1. The Morgan fingerprint density at radius 1 is 1.30 bits per heavy atom. The van der Waals surface area contributed by atoms with Crippen LogP contribution in [0, 0.1) is 0 Å². The summed E-state index contributed by atoms with van der Waals surface area (Å²) in [7, 11) is 1.65. The van der Waals surface area contributed by atoms with E-state index in [1.54, 1.807) is 25.3 Å². The predicted molar refractivity (Wildman–Crippen MR) is 81.5 cm³/mol. The van der Waals surface area contributed by atoms with Crippen molar-refractivity contribution in [2.45, 2.75) is 12.5 Å². The van der Waals surface area contributed by atoms with Crippen LogP contribution in [0.25, 0.3) is 11.1 Å². The predicted octanol–water partition coefficient (Wildman–Crippen LogP) is 2.42. The Hall–Kier alpha value is -2.14. The lowest BCUT2D eigenvalue weighted by Gasteiger charge is -2.20. The number of thiophene rings is 1. The molecule has 3 rings (SSSR count). The Kier molecular flexibility index (Phi) is 2.87. The number of nitrogens with zero attached hydrogens (tertiary/aromatic N) is 2. The topological polar surface area (TPSA) is 58.7 Å². The molecule has 0 fully saturated rings. The van der Waals surface area contributed by atoms with Crippen LogP contribution in [0.4, 0.5) is 0 Å². The number of hydrogen-bond donors (Lipinski definition) is 1. The van der Waals surface area contributed by atoms with E-state index in [0.717, 1.165) is 16.7 Å². The molecule has 1 aromatic carbocycles. The highest BCUT2D eigenvalue weighted by Crippen LogP contribution is 2.34. The first-order valence-corrected chi connectivity index (χ1v) is 7.23. The van der Waals surface area contributed by atoms with Crippen molar-refractivity contribution in [2.75, 3.05) is 7.05 Å². The number of nitrogens with two attached hydrogens (primary N) is 1. The molecule has 0 spiro atoms. The van der Waals surface area contributed by atoms with Gasteiger partial charge in [-0.1, -0.05) is 18.2 Å². The number of rotatable bonds is 2. The van der Waals surface area contributed by atoms with Crippen molar-refractivity contribution in [1.82, 2.24) is 4.90 Å². The minimum Gasteiger partial charge on any atom is -0.369 e. The Bertz CT molecular complexity index is 693. The Morgan fingerprint density at radius 3 is 2.70 bits per heavy atom. The van der Waals surface area contributed by atoms with Gasteiger partial charge in [-0.25, -0.2) is 4.99 Å². The summed E-state index contributed by atoms with van der Waals surface area (Å²) in [6.07, 6.45) is 0. The molecule has 1 amide bonds. The Labute approximate surface area is 121 Å². The smallest absolute Gasteiger partial charge is 0.261 e. The Morgan fingerprint density at radius 2 is 2.10 bits per heavy atom. The van der Waals surface area contributed by atoms with Gasteiger partial charge in [-0.15, -0.1) is 0 Å². The van der Waals surface area contributed by atoms with Crippen LogP contribution in [0.5, 0.6) is 0 Å². The maximum absolute atomic E-state index is 12.4. The van der Waals surface area contributed by atoms with E-state index < -0.39 is 5.54 Å². The summed E-state index contributed by atoms with van der Waals surface area (Å²) in [6.45, 7) is 1.80. The number of carbonyl (C=O) groups is 1. The highest BCUT2D eigenvalue weighted by Gasteiger charge is 2.43. The maximum Gasteiger partial charge on any atom is 0.261 e. The van der Waals surface area contributed by atoms with Gasteiger partial charge in [-0.2, -0.15) is 11.3 Å². The van der Waals surface area contributed by atoms with Crippen LogP contribution < -0.4 is 5.73 Å². The van der Waals surface area contributed by atoms with Crippen LogP contribution >= 0.6 is 11.3 Å². The lowest BCUT2D eigenvalue weighted by atomic mass is 9.90. The third-order valence-corrected chi connectivity index (χ3v) is 4.37. The zero-order chi connectivity index (χ0) is 14.3. The standard InChI is InChI=1S/C15H15N3OS/c1-15(13(19)18(2)14(16)17-15)12-5-3-4-10(8-12)11-6-7-20-9-11/h3-9H,1-2H3,(H2,16,17). The van der Waals surface area contributed by atoms with Gasteiger partial charge < -0.3 is 5.73 Å². The molecule has 2 N–H and O–H groups in total. The molecule has 0 aliphatic carbocycles. The monoisotopic (exact) mass is 285 g/mol. The van der Waals surface area contributed by atoms with Crippen LogP contribution in [0.2, 0.25) is 0 Å². The number of benzene rings is 1. The number of amides is 1. The highest BCUT2D eigenvalue weighted by molar-refractivity contribution is 7.08. The van der Waals surface area contributed by atoms with Crippen LogP contribution in [0.3, 0.4) is 0 Å². The second kappa shape index (κ2) is 4.45. The zero-order valence-corrected chi connectivity index (χ0v) is 12.1. The summed E-state index contributed by atoms with van der Waals surface area (Å²) in [5.74, 6) is 0.163. The van der Waals surface area contributed by atoms with Crippen molar-refractivity contribution < 1.29 is 4.79 Å². The van der Waals surface area contributed by atoms with Gasteiger partial charge in [0.25, 0.3) is 5.91 Å². The summed E-state index contributed by atoms with van der Waals surface area (Å²) < 4.78 is 0. The summed E-state index contributed by atoms with van der Waals surface area (Å²) in [6, 6.07) is 9.97. The maximum atomic E-state index is 12.4. The lowest BCUT2D eigenvalue weighted by Crippen LogP contribution is -2.38. The van der Waals surface area contributed by atoms with Crippen molar-refractivity contribution in [3.8, 4) is 11.1 Å². The Balaban J connectivity index is 2.08. The molecule has 20 heavy (non-hydrogen) atoms. The molecule has 1 unspecified atom stereocenters. The largest absolute Gasteiger partial charge is 0.369 e. The molecule has 0 radical (unpaired) electrons. The van der Waals surface area contributed by atoms with E-state index in [0.29, 0.717) is 0 Å². The molecule has 1 aliphatic heterocycles. The fourth-order valence-corrected chi connectivity index (χ4v) is 3.07. The molecule has 0 saturated carbocycles. The van der Waals surface area contributed by atoms with Crippen LogP contribution in [0.15, 0.2) is 46.1 Å². The normalized spacial score (nSPS) is 22.2. The first-order valence-electron chi connectivity index (χ1n) is 6.29. The third kappa shape index (κ3) is 1.82. The van der Waals surface area contributed by atoms with E-state index in [-0.39, 0.29) is 11.9 Å². The molecule has 5 heteroatoms. The van der Waals surface area contributed by atoms with Gasteiger partial charge in [0.2, 0.25) is 0 Å². The number of guanidine groups is 1. The van der Waals surface area contributed by atoms with Gasteiger partial charge in [-0.05, 0) is 46.5 Å². The van der Waals surface area contributed by atoms with Crippen molar-refractivity contribution >= 4 is 23.2 Å². The van der Waals surface area contributed by atoms with Gasteiger partial charge in [0, 0.05) is 7.05 Å². The summed E-state index contributed by atoms with van der Waals surface area (Å²) in [5.41, 5.74) is 7.94. The number of likely N-dealkylation sites (N-methyl/N-ethyl adjacent to an activating group) is 1. The van der Waals surface area contributed by atoms with E-state index in [4.69, 9.17) is 5.73 Å². The molecule has 0 saturated heterocycles. The van der Waals surface area contributed by atoms with Crippen molar-refractivity contribution in [3.63, 3.8) is 0 Å². The van der Waals surface area contributed by atoms with E-state index in [2.05, 4.69) is 16.4 Å². The van der Waals surface area contributed by atoms with Gasteiger partial charge in [0.1, 0.15) is 0 Å². The molecule has 102 valence electrons. The van der Waals surface area contributed by atoms with Crippen molar-refractivity contribution in [3.05, 3.63) is 46.7 Å². The fraction of sp³-hybridized carbons (Fsp3) is 0.200. The van der Waals surface area contributed by atoms with Crippen LogP contribution in [-0.2, 0) is 10.3 Å². The van der Waals surface area contributed by atoms with E-state index >= 15 is 0 Å². The summed E-state index contributed by atoms with van der Waals surface area (Å²) in [4.78, 5) is 18.1. The fourth-order valence-electron chi connectivity index (χ4n) is 2.40. The molecular formula is C15H15N3OS. The number of carbonyl (C=O) groups excluding carboxylic acids is 1. The molecular weight excluding hydrogens is 270 g/mol. The third-order valence-electron chi connectivity index (χ3n) is 3.68.